The molecule has 0 aromatic rings. The van der Waals surface area contributed by atoms with Gasteiger partial charge < -0.3 is 0 Å². The summed E-state index contributed by atoms with van der Waals surface area (Å²) in [5, 5.41) is 0. The third-order valence-electron chi connectivity index (χ3n) is 3.36. The first-order valence-electron chi connectivity index (χ1n) is 6.58. The Balaban J connectivity index is 2.06. The van der Waals surface area contributed by atoms with Crippen LogP contribution in [0.3, 0.4) is 0 Å². The second-order valence-corrected chi connectivity index (χ2v) is 4.70. The Morgan fingerprint density at radius 3 is 2.71 bits per heavy atom. The van der Waals surface area contributed by atoms with Gasteiger partial charge in [0.15, 0.2) is 0 Å². The lowest BCUT2D eigenvalue weighted by Crippen LogP contribution is -2.01. The van der Waals surface area contributed by atoms with Gasteiger partial charge in [-0.2, -0.15) is 0 Å². The van der Waals surface area contributed by atoms with Crippen molar-refractivity contribution in [2.24, 2.45) is 5.92 Å². The van der Waals surface area contributed by atoms with Crippen molar-refractivity contribution in [3.8, 4) is 0 Å². The fourth-order valence-corrected chi connectivity index (χ4v) is 2.38. The van der Waals surface area contributed by atoms with Crippen LogP contribution in [-0.4, -0.2) is 0 Å². The van der Waals surface area contributed by atoms with Crippen LogP contribution in [0.1, 0.15) is 71.1 Å². The molecule has 14 heavy (non-hydrogen) atoms. The van der Waals surface area contributed by atoms with Crippen LogP contribution in [0.15, 0.2) is 12.2 Å². The first-order valence-corrected chi connectivity index (χ1v) is 6.58. The maximum Gasteiger partial charge on any atom is -0.0348 e. The number of rotatable bonds is 5. The highest BCUT2D eigenvalue weighted by Gasteiger charge is 2.08. The third-order valence-corrected chi connectivity index (χ3v) is 3.36. The summed E-state index contributed by atoms with van der Waals surface area (Å²) < 4.78 is 0. The van der Waals surface area contributed by atoms with E-state index in [1.807, 2.05) is 0 Å². The molecule has 1 aliphatic rings. The fourth-order valence-electron chi connectivity index (χ4n) is 2.38. The van der Waals surface area contributed by atoms with E-state index in [0.717, 1.165) is 5.92 Å². The van der Waals surface area contributed by atoms with Gasteiger partial charge in [-0.15, -0.1) is 0 Å². The normalized spacial score (nSPS) is 23.1. The average molecular weight is 194 g/mol. The van der Waals surface area contributed by atoms with Gasteiger partial charge in [0.05, 0.1) is 0 Å². The van der Waals surface area contributed by atoms with E-state index in [2.05, 4.69) is 19.1 Å². The monoisotopic (exact) mass is 194 g/mol. The Morgan fingerprint density at radius 1 is 1.00 bits per heavy atom. The molecule has 0 aromatic carbocycles. The molecule has 0 radical (unpaired) electrons. The molecule has 0 aromatic heterocycles. The van der Waals surface area contributed by atoms with Crippen LogP contribution >= 0.6 is 0 Å². The van der Waals surface area contributed by atoms with Gasteiger partial charge in [0, 0.05) is 0 Å². The van der Waals surface area contributed by atoms with Gasteiger partial charge >= 0.3 is 0 Å². The van der Waals surface area contributed by atoms with Gasteiger partial charge in [0.2, 0.25) is 0 Å². The smallest absolute Gasteiger partial charge is 0.0348 e. The summed E-state index contributed by atoms with van der Waals surface area (Å²) in [4.78, 5) is 0. The second kappa shape index (κ2) is 8.08. The topological polar surface area (TPSA) is 0 Å². The Hall–Kier alpha value is -0.260. The predicted molar refractivity (Wildman–Crippen MR) is 64.5 cm³/mol. The quantitative estimate of drug-likeness (QED) is 0.422. The zero-order chi connectivity index (χ0) is 10.1. The Kier molecular flexibility index (Phi) is 6.82. The van der Waals surface area contributed by atoms with Gasteiger partial charge in [0.25, 0.3) is 0 Å². The van der Waals surface area contributed by atoms with Crippen LogP contribution in [-0.2, 0) is 0 Å². The minimum Gasteiger partial charge on any atom is -0.0885 e. The number of hydrogen-bond donors (Lipinski definition) is 0. The first-order chi connectivity index (χ1) is 6.93. The summed E-state index contributed by atoms with van der Waals surface area (Å²) in [6.07, 6.45) is 19.0. The predicted octanol–water partition coefficient (Wildman–Crippen LogP) is 5.09. The molecule has 1 rings (SSSR count). The molecule has 0 saturated heterocycles. The lowest BCUT2D eigenvalue weighted by atomic mass is 9.89. The molecule has 0 heterocycles. The van der Waals surface area contributed by atoms with E-state index in [-0.39, 0.29) is 0 Å². The van der Waals surface area contributed by atoms with E-state index in [0.29, 0.717) is 0 Å². The van der Waals surface area contributed by atoms with Crippen molar-refractivity contribution in [1.82, 2.24) is 0 Å². The Morgan fingerprint density at radius 2 is 1.86 bits per heavy atom. The third kappa shape index (κ3) is 5.47. The lowest BCUT2D eigenvalue weighted by Gasteiger charge is -2.17. The van der Waals surface area contributed by atoms with Gasteiger partial charge in [-0.25, -0.2) is 0 Å². The van der Waals surface area contributed by atoms with Crippen LogP contribution < -0.4 is 0 Å². The molecule has 0 saturated carbocycles. The van der Waals surface area contributed by atoms with Crippen molar-refractivity contribution >= 4 is 0 Å². The van der Waals surface area contributed by atoms with E-state index in [4.69, 9.17) is 0 Å². The molecule has 82 valence electrons. The fraction of sp³-hybridized carbons (Fsp3) is 0.857. The zero-order valence-corrected chi connectivity index (χ0v) is 9.80. The molecule has 1 atom stereocenters. The number of hydrogen-bond acceptors (Lipinski definition) is 0. The van der Waals surface area contributed by atoms with Crippen molar-refractivity contribution < 1.29 is 0 Å². The summed E-state index contributed by atoms with van der Waals surface area (Å²) in [6.45, 7) is 2.29. The Labute approximate surface area is 89.8 Å². The van der Waals surface area contributed by atoms with E-state index in [9.17, 15) is 0 Å². The summed E-state index contributed by atoms with van der Waals surface area (Å²) in [6, 6.07) is 0. The molecule has 0 fully saturated rings. The van der Waals surface area contributed by atoms with Crippen LogP contribution in [0.2, 0.25) is 0 Å². The Bertz CT molecular complexity index is 146. The van der Waals surface area contributed by atoms with Gasteiger partial charge in [0.1, 0.15) is 0 Å². The highest BCUT2D eigenvalue weighted by molar-refractivity contribution is 4.84. The van der Waals surface area contributed by atoms with Gasteiger partial charge in [-0.1, -0.05) is 57.6 Å². The second-order valence-electron chi connectivity index (χ2n) is 4.70. The molecule has 0 spiro atoms. The van der Waals surface area contributed by atoms with E-state index in [1.54, 1.807) is 0 Å². The van der Waals surface area contributed by atoms with Crippen molar-refractivity contribution in [3.63, 3.8) is 0 Å². The van der Waals surface area contributed by atoms with E-state index in [1.165, 1.54) is 64.2 Å². The molecule has 0 bridgehead atoms. The highest BCUT2D eigenvalue weighted by Crippen LogP contribution is 2.24. The summed E-state index contributed by atoms with van der Waals surface area (Å²) in [7, 11) is 0. The summed E-state index contributed by atoms with van der Waals surface area (Å²) in [5.74, 6) is 1.04. The zero-order valence-electron chi connectivity index (χ0n) is 9.80. The molecular weight excluding hydrogens is 168 g/mol. The maximum atomic E-state index is 2.39. The molecular formula is C14H26. The molecule has 0 aliphatic heterocycles. The standard InChI is InChI=1S/C14H26/c1-2-3-4-8-11-14-12-9-6-5-7-10-13-14/h5-6,14H,2-4,7-13H2,1H3. The molecule has 0 nitrogen and oxygen atoms in total. The molecule has 0 N–H and O–H groups in total. The van der Waals surface area contributed by atoms with E-state index < -0.39 is 0 Å². The van der Waals surface area contributed by atoms with Crippen LogP contribution in [0.4, 0.5) is 0 Å². The maximum absolute atomic E-state index is 2.39. The van der Waals surface area contributed by atoms with Crippen molar-refractivity contribution in [2.45, 2.75) is 71.1 Å². The largest absolute Gasteiger partial charge is 0.0885 e. The minimum absolute atomic E-state index is 1.04. The van der Waals surface area contributed by atoms with Crippen LogP contribution in [0, 0.1) is 5.92 Å². The average Bonchev–Trinajstić information content (AvgIpc) is 2.15. The highest BCUT2D eigenvalue weighted by atomic mass is 14.1. The molecule has 1 aliphatic carbocycles. The molecule has 0 heteroatoms. The lowest BCUT2D eigenvalue weighted by molar-refractivity contribution is 0.389. The number of allylic oxidation sites excluding steroid dienone is 2. The molecule has 0 amide bonds. The van der Waals surface area contributed by atoms with Crippen LogP contribution in [0.25, 0.3) is 0 Å². The number of unbranched alkanes of at least 4 members (excludes halogenated alkanes) is 3. The van der Waals surface area contributed by atoms with Crippen LogP contribution in [0.5, 0.6) is 0 Å². The van der Waals surface area contributed by atoms with Gasteiger partial charge in [-0.05, 0) is 31.6 Å². The van der Waals surface area contributed by atoms with Gasteiger partial charge in [-0.3, -0.25) is 0 Å². The SMILES string of the molecule is CCCCCCC1CCC=CCCC1. The van der Waals surface area contributed by atoms with Crippen molar-refractivity contribution in [1.29, 1.82) is 0 Å². The first kappa shape index (κ1) is 11.8. The summed E-state index contributed by atoms with van der Waals surface area (Å²) in [5.41, 5.74) is 0. The minimum atomic E-state index is 1.04. The summed E-state index contributed by atoms with van der Waals surface area (Å²) >= 11 is 0. The van der Waals surface area contributed by atoms with E-state index >= 15 is 0 Å². The van der Waals surface area contributed by atoms with Crippen molar-refractivity contribution in [3.05, 3.63) is 12.2 Å². The molecule has 1 unspecified atom stereocenters. The van der Waals surface area contributed by atoms with Crippen molar-refractivity contribution in [2.75, 3.05) is 0 Å².